The molecule has 31 heavy (non-hydrogen) atoms. The number of hydrogen-bond donors (Lipinski definition) is 1. The molecule has 2 amide bonds. The van der Waals surface area contributed by atoms with Crippen LogP contribution in [0.2, 0.25) is 10.0 Å². The van der Waals surface area contributed by atoms with Crippen molar-refractivity contribution in [3.8, 4) is 0 Å². The van der Waals surface area contributed by atoms with Gasteiger partial charge < -0.3 is 10.2 Å². The fourth-order valence-electron chi connectivity index (χ4n) is 3.53. The van der Waals surface area contributed by atoms with E-state index in [1.54, 1.807) is 23.1 Å². The molecule has 0 saturated carbocycles. The second kappa shape index (κ2) is 12.1. The molecule has 0 unspecified atom stereocenters. The summed E-state index contributed by atoms with van der Waals surface area (Å²) in [6.07, 6.45) is 1.41. The summed E-state index contributed by atoms with van der Waals surface area (Å²) in [6.45, 7) is 8.78. The number of rotatable bonds is 10. The largest absolute Gasteiger partial charge is 0.355 e. The molecule has 1 N–H and O–H groups in total. The van der Waals surface area contributed by atoms with Gasteiger partial charge in [0.1, 0.15) is 6.04 Å². The zero-order chi connectivity index (χ0) is 23.0. The average molecular weight is 463 g/mol. The highest BCUT2D eigenvalue weighted by molar-refractivity contribution is 6.36. The van der Waals surface area contributed by atoms with Crippen LogP contribution in [0.15, 0.2) is 42.5 Å². The lowest BCUT2D eigenvalue weighted by Gasteiger charge is -2.31. The Morgan fingerprint density at radius 3 is 2.13 bits per heavy atom. The molecule has 0 aliphatic carbocycles. The molecule has 6 heteroatoms. The van der Waals surface area contributed by atoms with Gasteiger partial charge in [0, 0.05) is 35.1 Å². The molecule has 1 atom stereocenters. The molecule has 0 fully saturated rings. The first-order valence-electron chi connectivity index (χ1n) is 10.9. The Morgan fingerprint density at radius 2 is 1.61 bits per heavy atom. The number of carbonyl (C=O) groups excluding carboxylic acids is 2. The molecule has 0 aromatic heterocycles. The van der Waals surface area contributed by atoms with Crippen molar-refractivity contribution in [1.29, 1.82) is 0 Å². The van der Waals surface area contributed by atoms with Crippen molar-refractivity contribution >= 4 is 35.0 Å². The van der Waals surface area contributed by atoms with E-state index in [2.05, 4.69) is 43.4 Å². The number of amides is 2. The standard InChI is InChI=1S/C25H32Cl2N2O2/c1-5-23(25(31)28-6-2)29(16-20-21(26)8-7-9-22(20)27)24(30)15-12-18-10-13-19(14-11-18)17(3)4/h7-11,13-14,17,23H,5-6,12,15-16H2,1-4H3,(H,28,31)/t23-/m1/s1. The van der Waals surface area contributed by atoms with Crippen LogP contribution < -0.4 is 5.32 Å². The maximum Gasteiger partial charge on any atom is 0.242 e. The lowest BCUT2D eigenvalue weighted by molar-refractivity contribution is -0.141. The van der Waals surface area contributed by atoms with Gasteiger partial charge in [0.05, 0.1) is 0 Å². The summed E-state index contributed by atoms with van der Waals surface area (Å²) in [6, 6.07) is 13.0. The summed E-state index contributed by atoms with van der Waals surface area (Å²) in [5.41, 5.74) is 3.02. The Labute approximate surface area is 195 Å². The SMILES string of the molecule is CCNC(=O)[C@@H](CC)N(Cc1c(Cl)cccc1Cl)C(=O)CCc1ccc(C(C)C)cc1. The highest BCUT2D eigenvalue weighted by Gasteiger charge is 2.29. The molecular weight excluding hydrogens is 431 g/mol. The van der Waals surface area contributed by atoms with Gasteiger partial charge in [-0.05, 0) is 48.9 Å². The minimum absolute atomic E-state index is 0.0953. The van der Waals surface area contributed by atoms with E-state index < -0.39 is 6.04 Å². The summed E-state index contributed by atoms with van der Waals surface area (Å²) in [5.74, 6) is 0.207. The summed E-state index contributed by atoms with van der Waals surface area (Å²) < 4.78 is 0. The third kappa shape index (κ3) is 6.98. The van der Waals surface area contributed by atoms with Gasteiger partial charge in [0.15, 0.2) is 0 Å². The van der Waals surface area contributed by atoms with E-state index in [4.69, 9.17) is 23.2 Å². The van der Waals surface area contributed by atoms with Gasteiger partial charge in [-0.1, -0.05) is 74.3 Å². The van der Waals surface area contributed by atoms with Crippen molar-refractivity contribution < 1.29 is 9.59 Å². The van der Waals surface area contributed by atoms with Gasteiger partial charge in [-0.3, -0.25) is 9.59 Å². The number of hydrogen-bond acceptors (Lipinski definition) is 2. The molecule has 0 heterocycles. The van der Waals surface area contributed by atoms with E-state index in [9.17, 15) is 9.59 Å². The lowest BCUT2D eigenvalue weighted by atomic mass is 10.00. The van der Waals surface area contributed by atoms with Crippen LogP contribution in [0.3, 0.4) is 0 Å². The average Bonchev–Trinajstić information content (AvgIpc) is 2.74. The Hall–Kier alpha value is -2.04. The maximum atomic E-state index is 13.3. The Kier molecular flexibility index (Phi) is 9.86. The number of carbonyl (C=O) groups is 2. The highest BCUT2D eigenvalue weighted by atomic mass is 35.5. The van der Waals surface area contributed by atoms with E-state index >= 15 is 0 Å². The van der Waals surface area contributed by atoms with Crippen molar-refractivity contribution in [2.75, 3.05) is 6.54 Å². The minimum atomic E-state index is -0.580. The van der Waals surface area contributed by atoms with Crippen LogP contribution in [0, 0.1) is 0 Å². The second-order valence-electron chi connectivity index (χ2n) is 7.94. The number of benzene rings is 2. The van der Waals surface area contributed by atoms with Crippen LogP contribution in [0.1, 0.15) is 63.1 Å². The van der Waals surface area contributed by atoms with Crippen LogP contribution >= 0.6 is 23.2 Å². The van der Waals surface area contributed by atoms with E-state index in [1.807, 2.05) is 13.8 Å². The maximum absolute atomic E-state index is 13.3. The Morgan fingerprint density at radius 1 is 1.00 bits per heavy atom. The van der Waals surface area contributed by atoms with Crippen molar-refractivity contribution in [2.45, 2.75) is 65.5 Å². The summed E-state index contributed by atoms with van der Waals surface area (Å²) in [4.78, 5) is 27.6. The molecule has 2 rings (SSSR count). The molecule has 0 saturated heterocycles. The molecule has 168 valence electrons. The van der Waals surface area contributed by atoms with Crippen LogP contribution in [0.5, 0.6) is 0 Å². The Bertz CT molecular complexity index is 861. The molecule has 0 aliphatic heterocycles. The zero-order valence-electron chi connectivity index (χ0n) is 18.8. The molecular formula is C25H32Cl2N2O2. The first-order chi connectivity index (χ1) is 14.8. The van der Waals surface area contributed by atoms with Crippen molar-refractivity contribution in [3.63, 3.8) is 0 Å². The van der Waals surface area contributed by atoms with E-state index in [-0.39, 0.29) is 18.4 Å². The normalized spacial score (nSPS) is 12.0. The zero-order valence-corrected chi connectivity index (χ0v) is 20.3. The van der Waals surface area contributed by atoms with E-state index in [1.165, 1.54) is 5.56 Å². The van der Waals surface area contributed by atoms with Crippen molar-refractivity contribution in [1.82, 2.24) is 10.2 Å². The Balaban J connectivity index is 2.23. The van der Waals surface area contributed by atoms with Gasteiger partial charge in [0.2, 0.25) is 11.8 Å². The molecule has 2 aromatic rings. The first kappa shape index (κ1) is 25.2. The number of halogens is 2. The minimum Gasteiger partial charge on any atom is -0.355 e. The molecule has 0 bridgehead atoms. The third-order valence-electron chi connectivity index (χ3n) is 5.40. The van der Waals surface area contributed by atoms with Gasteiger partial charge in [-0.2, -0.15) is 0 Å². The number of likely N-dealkylation sites (N-methyl/N-ethyl adjacent to an activating group) is 1. The number of nitrogens with one attached hydrogen (secondary N) is 1. The van der Waals surface area contributed by atoms with Crippen LogP contribution in [-0.2, 0) is 22.6 Å². The monoisotopic (exact) mass is 462 g/mol. The van der Waals surface area contributed by atoms with Gasteiger partial charge in [-0.25, -0.2) is 0 Å². The molecule has 0 radical (unpaired) electrons. The molecule has 0 spiro atoms. The molecule has 4 nitrogen and oxygen atoms in total. The summed E-state index contributed by atoms with van der Waals surface area (Å²) >= 11 is 12.7. The number of nitrogens with zero attached hydrogens (tertiary/aromatic N) is 1. The fraction of sp³-hybridized carbons (Fsp3) is 0.440. The molecule has 0 aliphatic rings. The quantitative estimate of drug-likeness (QED) is 0.470. The predicted molar refractivity (Wildman–Crippen MR) is 129 cm³/mol. The van der Waals surface area contributed by atoms with Gasteiger partial charge in [-0.15, -0.1) is 0 Å². The van der Waals surface area contributed by atoms with Gasteiger partial charge >= 0.3 is 0 Å². The second-order valence-corrected chi connectivity index (χ2v) is 8.75. The van der Waals surface area contributed by atoms with E-state index in [0.717, 1.165) is 5.56 Å². The number of aryl methyl sites for hydroxylation is 1. The van der Waals surface area contributed by atoms with E-state index in [0.29, 0.717) is 47.3 Å². The van der Waals surface area contributed by atoms with Crippen LogP contribution in [0.4, 0.5) is 0 Å². The van der Waals surface area contributed by atoms with Gasteiger partial charge in [0.25, 0.3) is 0 Å². The smallest absolute Gasteiger partial charge is 0.242 e. The first-order valence-corrected chi connectivity index (χ1v) is 11.6. The molecule has 2 aromatic carbocycles. The highest BCUT2D eigenvalue weighted by Crippen LogP contribution is 2.27. The topological polar surface area (TPSA) is 49.4 Å². The van der Waals surface area contributed by atoms with Crippen molar-refractivity contribution in [3.05, 3.63) is 69.2 Å². The lowest BCUT2D eigenvalue weighted by Crippen LogP contribution is -2.49. The third-order valence-corrected chi connectivity index (χ3v) is 6.11. The van der Waals surface area contributed by atoms with Crippen molar-refractivity contribution in [2.24, 2.45) is 0 Å². The predicted octanol–water partition coefficient (Wildman–Crippen LogP) is 5.99. The summed E-state index contributed by atoms with van der Waals surface area (Å²) in [7, 11) is 0. The summed E-state index contributed by atoms with van der Waals surface area (Å²) in [5, 5.41) is 3.81. The fourth-order valence-corrected chi connectivity index (χ4v) is 4.05. The van der Waals surface area contributed by atoms with Crippen LogP contribution in [0.25, 0.3) is 0 Å². The van der Waals surface area contributed by atoms with Crippen LogP contribution in [-0.4, -0.2) is 29.3 Å².